The first-order valence-electron chi connectivity index (χ1n) is 9.16. The third-order valence-corrected chi connectivity index (χ3v) is 6.20. The molecule has 1 atom stereocenters. The Hall–Kier alpha value is -2.70. The number of amides is 2. The Balaban J connectivity index is 1.43. The van der Waals surface area contributed by atoms with E-state index in [1.165, 1.54) is 0 Å². The van der Waals surface area contributed by atoms with Gasteiger partial charge in [0, 0.05) is 17.1 Å². The average Bonchev–Trinajstić information content (AvgIpc) is 3.38. The van der Waals surface area contributed by atoms with E-state index in [1.807, 2.05) is 47.4 Å². The highest BCUT2D eigenvalue weighted by atomic mass is 35.5. The van der Waals surface area contributed by atoms with Crippen LogP contribution in [0.5, 0.6) is 0 Å². The van der Waals surface area contributed by atoms with Gasteiger partial charge in [-0.1, -0.05) is 35.9 Å². The van der Waals surface area contributed by atoms with E-state index in [0.29, 0.717) is 35.2 Å². The third-order valence-electron chi connectivity index (χ3n) is 4.70. The zero-order valence-corrected chi connectivity index (χ0v) is 17.1. The van der Waals surface area contributed by atoms with Crippen molar-refractivity contribution >= 4 is 35.2 Å². The number of nitrogens with one attached hydrogen (secondary N) is 1. The van der Waals surface area contributed by atoms with Gasteiger partial charge >= 0.3 is 0 Å². The van der Waals surface area contributed by atoms with Crippen molar-refractivity contribution in [3.63, 3.8) is 0 Å². The second-order valence-electron chi connectivity index (χ2n) is 6.70. The Morgan fingerprint density at radius 1 is 1.14 bits per heavy atom. The molecule has 1 fully saturated rings. The van der Waals surface area contributed by atoms with Crippen LogP contribution in [0.3, 0.4) is 0 Å². The number of carbonyl (C=O) groups excluding carboxylic acids is 2. The van der Waals surface area contributed by atoms with Crippen LogP contribution < -0.4 is 5.32 Å². The third kappa shape index (κ3) is 4.66. The van der Waals surface area contributed by atoms with Gasteiger partial charge in [0.2, 0.25) is 5.91 Å². The van der Waals surface area contributed by atoms with Crippen LogP contribution in [0.15, 0.2) is 71.3 Å². The van der Waals surface area contributed by atoms with E-state index in [0.717, 1.165) is 11.1 Å². The molecule has 1 aromatic heterocycles. The van der Waals surface area contributed by atoms with Crippen LogP contribution >= 0.6 is 23.4 Å². The van der Waals surface area contributed by atoms with Crippen molar-refractivity contribution in [1.82, 2.24) is 10.2 Å². The summed E-state index contributed by atoms with van der Waals surface area (Å²) < 4.78 is 5.22. The van der Waals surface area contributed by atoms with Crippen molar-refractivity contribution < 1.29 is 14.0 Å². The lowest BCUT2D eigenvalue weighted by atomic mass is 10.1. The average molecular weight is 427 g/mol. The van der Waals surface area contributed by atoms with E-state index < -0.39 is 0 Å². The van der Waals surface area contributed by atoms with Crippen LogP contribution in [0.1, 0.15) is 32.6 Å². The van der Waals surface area contributed by atoms with Gasteiger partial charge in [-0.05, 0) is 47.5 Å². The molecule has 29 heavy (non-hydrogen) atoms. The highest BCUT2D eigenvalue weighted by Gasteiger charge is 2.32. The number of hydrogen-bond donors (Lipinski definition) is 1. The fourth-order valence-electron chi connectivity index (χ4n) is 3.17. The van der Waals surface area contributed by atoms with Gasteiger partial charge in [-0.15, -0.1) is 11.8 Å². The van der Waals surface area contributed by atoms with Crippen LogP contribution in [0.4, 0.5) is 0 Å². The summed E-state index contributed by atoms with van der Waals surface area (Å²) in [4.78, 5) is 26.6. The van der Waals surface area contributed by atoms with Crippen LogP contribution in [0.25, 0.3) is 0 Å². The molecule has 0 saturated carbocycles. The second-order valence-corrected chi connectivity index (χ2v) is 8.20. The number of thioether (sulfide) groups is 1. The molecule has 4 rings (SSSR count). The molecule has 0 aliphatic carbocycles. The maximum atomic E-state index is 12.4. The molecule has 7 heteroatoms. The van der Waals surface area contributed by atoms with Crippen LogP contribution in [-0.2, 0) is 17.9 Å². The first kappa shape index (κ1) is 19.6. The van der Waals surface area contributed by atoms with Gasteiger partial charge in [-0.2, -0.15) is 0 Å². The van der Waals surface area contributed by atoms with E-state index in [2.05, 4.69) is 5.32 Å². The van der Waals surface area contributed by atoms with Gasteiger partial charge in [0.05, 0.1) is 18.6 Å². The Bertz CT molecular complexity index is 988. The molecule has 5 nitrogen and oxygen atoms in total. The SMILES string of the molecule is O=C(NCc1ccco1)c1ccc([C@H]2SCC(=O)N2Cc2ccc(Cl)cc2)cc1. The molecule has 2 heterocycles. The van der Waals surface area contributed by atoms with Crippen LogP contribution in [-0.4, -0.2) is 22.5 Å². The minimum atomic E-state index is -0.166. The zero-order valence-electron chi connectivity index (χ0n) is 15.5. The van der Waals surface area contributed by atoms with E-state index in [4.69, 9.17) is 16.0 Å². The van der Waals surface area contributed by atoms with Gasteiger partial charge < -0.3 is 14.6 Å². The molecule has 2 aromatic carbocycles. The topological polar surface area (TPSA) is 62.6 Å². The first-order chi connectivity index (χ1) is 14.1. The Morgan fingerprint density at radius 3 is 2.59 bits per heavy atom. The molecule has 1 aliphatic rings. The van der Waals surface area contributed by atoms with Gasteiger partial charge in [0.15, 0.2) is 0 Å². The molecular weight excluding hydrogens is 408 g/mol. The molecule has 1 aliphatic heterocycles. The van der Waals surface area contributed by atoms with Crippen molar-refractivity contribution in [2.45, 2.75) is 18.5 Å². The normalized spacial score (nSPS) is 16.2. The van der Waals surface area contributed by atoms with Gasteiger partial charge in [-0.25, -0.2) is 0 Å². The number of halogens is 1. The zero-order chi connectivity index (χ0) is 20.2. The standard InChI is InChI=1S/C22H19ClN2O3S/c23-18-9-3-15(4-10-18)13-25-20(26)14-29-22(25)17-7-5-16(6-8-17)21(27)24-12-19-2-1-11-28-19/h1-11,22H,12-14H2,(H,24,27)/t22-/m1/s1. The number of hydrogen-bond acceptors (Lipinski definition) is 4. The molecule has 3 aromatic rings. The highest BCUT2D eigenvalue weighted by Crippen LogP contribution is 2.39. The number of furan rings is 1. The van der Waals surface area contributed by atoms with Crippen molar-refractivity contribution in [2.24, 2.45) is 0 Å². The highest BCUT2D eigenvalue weighted by molar-refractivity contribution is 8.00. The van der Waals surface area contributed by atoms with E-state index in [1.54, 1.807) is 36.2 Å². The minimum Gasteiger partial charge on any atom is -0.467 e. The lowest BCUT2D eigenvalue weighted by molar-refractivity contribution is -0.128. The molecule has 148 valence electrons. The number of rotatable bonds is 6. The molecule has 1 N–H and O–H groups in total. The predicted molar refractivity (Wildman–Crippen MR) is 114 cm³/mol. The van der Waals surface area contributed by atoms with Gasteiger partial charge in [0.1, 0.15) is 11.1 Å². The molecule has 0 radical (unpaired) electrons. The summed E-state index contributed by atoms with van der Waals surface area (Å²) in [6, 6.07) is 18.5. The Labute approximate surface area is 178 Å². The maximum Gasteiger partial charge on any atom is 0.251 e. The van der Waals surface area contributed by atoms with E-state index in [-0.39, 0.29) is 17.2 Å². The van der Waals surface area contributed by atoms with Crippen LogP contribution in [0.2, 0.25) is 5.02 Å². The number of nitrogens with zero attached hydrogens (tertiary/aromatic N) is 1. The lowest BCUT2D eigenvalue weighted by Crippen LogP contribution is -2.27. The summed E-state index contributed by atoms with van der Waals surface area (Å²) in [6.07, 6.45) is 1.58. The van der Waals surface area contributed by atoms with Crippen molar-refractivity contribution in [2.75, 3.05) is 5.75 Å². The monoisotopic (exact) mass is 426 g/mol. The fraction of sp³-hybridized carbons (Fsp3) is 0.182. The fourth-order valence-corrected chi connectivity index (χ4v) is 4.48. The molecule has 2 amide bonds. The van der Waals surface area contributed by atoms with E-state index >= 15 is 0 Å². The molecule has 1 saturated heterocycles. The first-order valence-corrected chi connectivity index (χ1v) is 10.6. The lowest BCUT2D eigenvalue weighted by Gasteiger charge is -2.24. The van der Waals surface area contributed by atoms with E-state index in [9.17, 15) is 9.59 Å². The molecule has 0 unspecified atom stereocenters. The summed E-state index contributed by atoms with van der Waals surface area (Å²) >= 11 is 7.54. The quantitative estimate of drug-likeness (QED) is 0.623. The van der Waals surface area contributed by atoms with Crippen LogP contribution in [0, 0.1) is 0 Å². The predicted octanol–water partition coefficient (Wildman–Crippen LogP) is 4.64. The summed E-state index contributed by atoms with van der Waals surface area (Å²) in [6.45, 7) is 0.870. The number of carbonyl (C=O) groups is 2. The summed E-state index contributed by atoms with van der Waals surface area (Å²) in [5.74, 6) is 1.09. The smallest absolute Gasteiger partial charge is 0.251 e. The maximum absolute atomic E-state index is 12.4. The summed E-state index contributed by atoms with van der Waals surface area (Å²) in [5.41, 5.74) is 2.60. The molecule has 0 spiro atoms. The minimum absolute atomic E-state index is 0.0709. The Kier molecular flexibility index (Phi) is 5.92. The molecule has 0 bridgehead atoms. The van der Waals surface area contributed by atoms with Crippen molar-refractivity contribution in [1.29, 1.82) is 0 Å². The summed E-state index contributed by atoms with van der Waals surface area (Å²) in [7, 11) is 0. The second kappa shape index (κ2) is 8.76. The summed E-state index contributed by atoms with van der Waals surface area (Å²) in [5, 5.41) is 3.43. The van der Waals surface area contributed by atoms with Crippen molar-refractivity contribution in [3.05, 3.63) is 94.4 Å². The molecular formula is C22H19ClN2O3S. The Morgan fingerprint density at radius 2 is 1.90 bits per heavy atom. The van der Waals surface area contributed by atoms with Gasteiger partial charge in [-0.3, -0.25) is 9.59 Å². The largest absolute Gasteiger partial charge is 0.467 e. The van der Waals surface area contributed by atoms with Crippen molar-refractivity contribution in [3.8, 4) is 0 Å². The van der Waals surface area contributed by atoms with Gasteiger partial charge in [0.25, 0.3) is 5.91 Å². The number of benzene rings is 2.